The van der Waals surface area contributed by atoms with Crippen molar-refractivity contribution in [1.29, 1.82) is 0 Å². The number of nitrogens with one attached hydrogen (secondary N) is 3. The minimum absolute atomic E-state index is 0.0327. The van der Waals surface area contributed by atoms with Gasteiger partial charge in [-0.05, 0) is 88.6 Å². The van der Waals surface area contributed by atoms with Gasteiger partial charge in [0.05, 0.1) is 11.6 Å². The number of imide groups is 1. The molecule has 4 rings (SSSR count). The number of ether oxygens (including phenoxy) is 2. The van der Waals surface area contributed by atoms with Gasteiger partial charge < -0.3 is 25.4 Å². The molecule has 1 aliphatic heterocycles. The molecule has 10 nitrogen and oxygen atoms in total. The summed E-state index contributed by atoms with van der Waals surface area (Å²) in [6, 6.07) is 14.9. The third kappa shape index (κ3) is 7.03. The van der Waals surface area contributed by atoms with Crippen molar-refractivity contribution in [2.24, 2.45) is 0 Å². The number of carbonyl (C=O) groups is 4. The molecule has 0 unspecified atom stereocenters. The average Bonchev–Trinajstić information content (AvgIpc) is 3.16. The molecule has 0 spiro atoms. The van der Waals surface area contributed by atoms with E-state index >= 15 is 0 Å². The summed E-state index contributed by atoms with van der Waals surface area (Å²) in [5, 5.41) is 7.73. The molecule has 3 aromatic rings. The molecule has 0 bridgehead atoms. The number of halogens is 2. The molecule has 0 atom stereocenters. The molecule has 0 aliphatic carbocycles. The first-order valence-electron chi connectivity index (χ1n) is 11.9. The van der Waals surface area contributed by atoms with E-state index in [9.17, 15) is 23.6 Å². The van der Waals surface area contributed by atoms with E-state index in [1.807, 2.05) is 13.0 Å². The van der Waals surface area contributed by atoms with E-state index in [4.69, 9.17) is 9.47 Å². The number of methoxy groups -OCH3 is 1. The summed E-state index contributed by atoms with van der Waals surface area (Å²) in [5.41, 5.74) is 2.36. The van der Waals surface area contributed by atoms with Gasteiger partial charge in [0, 0.05) is 11.4 Å². The highest BCUT2D eigenvalue weighted by molar-refractivity contribution is 9.10. The SMILES string of the molecule is COc1cc(/C=C2/NC(=O)N(CC(=O)Nc3cccc(C)c3)C2=O)cc(Br)c1OCC(=O)Nc1ccc(F)cc1. The molecule has 0 saturated carbocycles. The van der Waals surface area contributed by atoms with Crippen LogP contribution in [0.15, 0.2) is 70.8 Å². The predicted octanol–water partition coefficient (Wildman–Crippen LogP) is 4.45. The number of carbonyl (C=O) groups excluding carboxylic acids is 4. The van der Waals surface area contributed by atoms with Gasteiger partial charge in [-0.3, -0.25) is 14.4 Å². The van der Waals surface area contributed by atoms with E-state index in [1.165, 1.54) is 37.5 Å². The van der Waals surface area contributed by atoms with Crippen LogP contribution < -0.4 is 25.4 Å². The smallest absolute Gasteiger partial charge is 0.329 e. The number of benzene rings is 3. The Kier molecular flexibility index (Phi) is 8.80. The van der Waals surface area contributed by atoms with Crippen molar-refractivity contribution in [3.8, 4) is 11.5 Å². The highest BCUT2D eigenvalue weighted by atomic mass is 79.9. The van der Waals surface area contributed by atoms with Crippen LogP contribution in [0.1, 0.15) is 11.1 Å². The third-order valence-electron chi connectivity index (χ3n) is 5.60. The lowest BCUT2D eigenvalue weighted by atomic mass is 10.1. The maximum absolute atomic E-state index is 13.1. The number of amides is 5. The van der Waals surface area contributed by atoms with Crippen LogP contribution in [0, 0.1) is 12.7 Å². The number of hydrogen-bond acceptors (Lipinski definition) is 6. The molecular weight excluding hydrogens is 587 g/mol. The molecule has 206 valence electrons. The number of nitrogens with zero attached hydrogens (tertiary/aromatic N) is 1. The summed E-state index contributed by atoms with van der Waals surface area (Å²) in [6.07, 6.45) is 1.43. The van der Waals surface area contributed by atoms with Crippen LogP contribution in [0.2, 0.25) is 0 Å². The Balaban J connectivity index is 1.42. The van der Waals surface area contributed by atoms with Crippen molar-refractivity contribution in [1.82, 2.24) is 10.2 Å². The van der Waals surface area contributed by atoms with Crippen LogP contribution in [0.5, 0.6) is 11.5 Å². The zero-order chi connectivity index (χ0) is 28.8. The van der Waals surface area contributed by atoms with Crippen molar-refractivity contribution in [3.63, 3.8) is 0 Å². The Morgan fingerprint density at radius 3 is 2.45 bits per heavy atom. The second-order valence-corrected chi connectivity index (χ2v) is 9.53. The lowest BCUT2D eigenvalue weighted by Crippen LogP contribution is -2.38. The highest BCUT2D eigenvalue weighted by Crippen LogP contribution is 2.37. The average molecular weight is 611 g/mol. The number of urea groups is 1. The zero-order valence-corrected chi connectivity index (χ0v) is 23.0. The highest BCUT2D eigenvalue weighted by Gasteiger charge is 2.35. The lowest BCUT2D eigenvalue weighted by Gasteiger charge is -2.14. The largest absolute Gasteiger partial charge is 0.493 e. The minimum Gasteiger partial charge on any atom is -0.493 e. The molecule has 1 fully saturated rings. The summed E-state index contributed by atoms with van der Waals surface area (Å²) < 4.78 is 24.5. The van der Waals surface area contributed by atoms with E-state index in [1.54, 1.807) is 30.3 Å². The van der Waals surface area contributed by atoms with Gasteiger partial charge in [0.1, 0.15) is 18.1 Å². The summed E-state index contributed by atoms with van der Waals surface area (Å²) in [4.78, 5) is 50.8. The molecule has 0 radical (unpaired) electrons. The molecule has 1 heterocycles. The van der Waals surface area contributed by atoms with Crippen molar-refractivity contribution < 1.29 is 33.0 Å². The van der Waals surface area contributed by atoms with Gasteiger partial charge in [-0.1, -0.05) is 12.1 Å². The standard InChI is InChI=1S/C28H24BrFN4O6/c1-16-4-3-5-20(10-16)32-24(35)14-34-27(37)22(33-28(34)38)12-17-11-21(29)26(23(13-17)39-2)40-15-25(36)31-19-8-6-18(30)7-9-19/h3-13H,14-15H2,1-2H3,(H,31,36)(H,32,35)(H,33,38)/b22-12+. The number of aryl methyl sites for hydroxylation is 1. The van der Waals surface area contributed by atoms with Crippen molar-refractivity contribution >= 4 is 57.1 Å². The minimum atomic E-state index is -0.728. The van der Waals surface area contributed by atoms with E-state index in [-0.39, 0.29) is 23.8 Å². The van der Waals surface area contributed by atoms with Crippen LogP contribution in [0.3, 0.4) is 0 Å². The second-order valence-electron chi connectivity index (χ2n) is 8.67. The first-order valence-corrected chi connectivity index (χ1v) is 12.7. The third-order valence-corrected chi connectivity index (χ3v) is 6.19. The number of hydrogen-bond donors (Lipinski definition) is 3. The fourth-order valence-corrected chi connectivity index (χ4v) is 4.35. The van der Waals surface area contributed by atoms with Crippen LogP contribution in [0.25, 0.3) is 6.08 Å². The van der Waals surface area contributed by atoms with Gasteiger partial charge in [0.15, 0.2) is 18.1 Å². The van der Waals surface area contributed by atoms with Gasteiger partial charge in [-0.15, -0.1) is 0 Å². The summed E-state index contributed by atoms with van der Waals surface area (Å²) in [7, 11) is 1.40. The predicted molar refractivity (Wildman–Crippen MR) is 149 cm³/mol. The Bertz CT molecular complexity index is 1510. The van der Waals surface area contributed by atoms with Gasteiger partial charge in [-0.25, -0.2) is 14.1 Å². The van der Waals surface area contributed by atoms with E-state index in [0.717, 1.165) is 10.5 Å². The first-order chi connectivity index (χ1) is 19.1. The second kappa shape index (κ2) is 12.4. The molecule has 3 N–H and O–H groups in total. The molecule has 3 aromatic carbocycles. The molecule has 1 saturated heterocycles. The molecule has 12 heteroatoms. The summed E-state index contributed by atoms with van der Waals surface area (Å²) in [5.74, 6) is -1.61. The fraction of sp³-hybridized carbons (Fsp3) is 0.143. The first kappa shape index (κ1) is 28.3. The van der Waals surface area contributed by atoms with Crippen LogP contribution in [-0.2, 0) is 14.4 Å². The maximum atomic E-state index is 13.1. The summed E-state index contributed by atoms with van der Waals surface area (Å²) >= 11 is 3.38. The van der Waals surface area contributed by atoms with E-state index in [0.29, 0.717) is 21.4 Å². The van der Waals surface area contributed by atoms with Crippen LogP contribution in [0.4, 0.5) is 20.6 Å². The number of anilines is 2. The molecule has 5 amide bonds. The monoisotopic (exact) mass is 610 g/mol. The number of rotatable bonds is 9. The molecule has 40 heavy (non-hydrogen) atoms. The molecular formula is C28H24BrFN4O6. The zero-order valence-electron chi connectivity index (χ0n) is 21.4. The van der Waals surface area contributed by atoms with Crippen LogP contribution in [-0.4, -0.2) is 48.9 Å². The van der Waals surface area contributed by atoms with Gasteiger partial charge >= 0.3 is 6.03 Å². The topological polar surface area (TPSA) is 126 Å². The van der Waals surface area contributed by atoms with Crippen molar-refractivity contribution in [2.45, 2.75) is 6.92 Å². The normalized spacial score (nSPS) is 13.7. The Labute approximate surface area is 237 Å². The van der Waals surface area contributed by atoms with E-state index in [2.05, 4.69) is 31.9 Å². The Morgan fingerprint density at radius 1 is 1.02 bits per heavy atom. The fourth-order valence-electron chi connectivity index (χ4n) is 3.78. The summed E-state index contributed by atoms with van der Waals surface area (Å²) in [6.45, 7) is 1.06. The van der Waals surface area contributed by atoms with Crippen LogP contribution >= 0.6 is 15.9 Å². The quantitative estimate of drug-likeness (QED) is 0.243. The lowest BCUT2D eigenvalue weighted by molar-refractivity contribution is -0.127. The van der Waals surface area contributed by atoms with Gasteiger partial charge in [0.25, 0.3) is 11.8 Å². The van der Waals surface area contributed by atoms with Crippen molar-refractivity contribution in [3.05, 3.63) is 87.8 Å². The Hall–Kier alpha value is -4.71. The van der Waals surface area contributed by atoms with E-state index < -0.39 is 36.1 Å². The molecule has 0 aromatic heterocycles. The van der Waals surface area contributed by atoms with Gasteiger partial charge in [0.2, 0.25) is 5.91 Å². The van der Waals surface area contributed by atoms with Crippen molar-refractivity contribution in [2.75, 3.05) is 30.9 Å². The molecule has 1 aliphatic rings. The van der Waals surface area contributed by atoms with Gasteiger partial charge in [-0.2, -0.15) is 0 Å². The Morgan fingerprint density at radius 2 is 1.75 bits per heavy atom. The maximum Gasteiger partial charge on any atom is 0.329 e.